The number of carboxylic acids is 1. The number of hydrogen-bond acceptors (Lipinski definition) is 4. The second-order valence-corrected chi connectivity index (χ2v) is 6.80. The first kappa shape index (κ1) is 18.0. The lowest BCUT2D eigenvalue weighted by Crippen LogP contribution is -2.15. The number of primary sulfonamides is 1. The number of carbonyl (C=O) groups is 1. The van der Waals surface area contributed by atoms with Crippen molar-refractivity contribution >= 4 is 16.0 Å². The van der Waals surface area contributed by atoms with Crippen LogP contribution in [0.1, 0.15) is 30.1 Å². The van der Waals surface area contributed by atoms with Crippen LogP contribution in [0.15, 0.2) is 47.4 Å². The first-order valence-electron chi connectivity index (χ1n) is 7.47. The number of rotatable bonds is 7. The summed E-state index contributed by atoms with van der Waals surface area (Å²) in [6.45, 7) is 2.34. The molecule has 2 rings (SSSR count). The van der Waals surface area contributed by atoms with Crippen LogP contribution in [-0.4, -0.2) is 26.1 Å². The second kappa shape index (κ2) is 7.46. The average molecular weight is 349 g/mol. The van der Waals surface area contributed by atoms with Crippen molar-refractivity contribution in [2.75, 3.05) is 6.61 Å². The van der Waals surface area contributed by atoms with E-state index in [4.69, 9.17) is 9.88 Å². The lowest BCUT2D eigenvalue weighted by atomic mass is 10.0. The molecular weight excluding hydrogens is 330 g/mol. The molecule has 0 fully saturated rings. The number of carboxylic acid groups (broad SMARTS) is 1. The van der Waals surface area contributed by atoms with Gasteiger partial charge in [-0.25, -0.2) is 18.4 Å². The topological polar surface area (TPSA) is 107 Å². The highest BCUT2D eigenvalue weighted by Crippen LogP contribution is 2.37. The van der Waals surface area contributed by atoms with Gasteiger partial charge in [0.1, 0.15) is 5.75 Å². The Morgan fingerprint density at radius 1 is 1.21 bits per heavy atom. The standard InChI is InChI=1S/C17H19NO5S/c1-2-3-9-23-14-10-13(17(19)20)11-15(24(18,21)22)16(14)12-7-5-4-6-8-12/h4-8,10-11H,2-3,9H2,1H3,(H,19,20)(H2,18,21,22). The lowest BCUT2D eigenvalue weighted by molar-refractivity contribution is 0.0696. The van der Waals surface area contributed by atoms with E-state index in [2.05, 4.69) is 0 Å². The Kier molecular flexibility index (Phi) is 5.58. The van der Waals surface area contributed by atoms with E-state index in [0.29, 0.717) is 12.2 Å². The quantitative estimate of drug-likeness (QED) is 0.748. The fraction of sp³-hybridized carbons (Fsp3) is 0.235. The highest BCUT2D eigenvalue weighted by Gasteiger charge is 2.23. The minimum atomic E-state index is -4.13. The van der Waals surface area contributed by atoms with Crippen molar-refractivity contribution < 1.29 is 23.1 Å². The molecule has 0 radical (unpaired) electrons. The maximum atomic E-state index is 12.0. The third kappa shape index (κ3) is 4.12. The van der Waals surface area contributed by atoms with Gasteiger partial charge in [0.05, 0.1) is 17.1 Å². The van der Waals surface area contributed by atoms with E-state index in [0.717, 1.165) is 18.9 Å². The van der Waals surface area contributed by atoms with E-state index < -0.39 is 16.0 Å². The number of ether oxygens (including phenoxy) is 1. The van der Waals surface area contributed by atoms with Crippen molar-refractivity contribution in [1.82, 2.24) is 0 Å². The van der Waals surface area contributed by atoms with Crippen LogP contribution in [0.3, 0.4) is 0 Å². The van der Waals surface area contributed by atoms with E-state index in [1.54, 1.807) is 30.3 Å². The smallest absolute Gasteiger partial charge is 0.335 e. The highest BCUT2D eigenvalue weighted by atomic mass is 32.2. The molecule has 0 aliphatic rings. The number of nitrogens with two attached hydrogens (primary N) is 1. The molecule has 0 aliphatic heterocycles. The number of unbranched alkanes of at least 4 members (excludes halogenated alkanes) is 1. The maximum absolute atomic E-state index is 12.0. The summed E-state index contributed by atoms with van der Waals surface area (Å²) < 4.78 is 29.7. The molecule has 0 spiro atoms. The highest BCUT2D eigenvalue weighted by molar-refractivity contribution is 7.89. The van der Waals surface area contributed by atoms with Crippen LogP contribution in [0.4, 0.5) is 0 Å². The van der Waals surface area contributed by atoms with E-state index in [1.165, 1.54) is 6.07 Å². The van der Waals surface area contributed by atoms with Crippen molar-refractivity contribution in [3.05, 3.63) is 48.0 Å². The Bertz CT molecular complexity index is 832. The monoisotopic (exact) mass is 349 g/mol. The minimum Gasteiger partial charge on any atom is -0.493 e. The van der Waals surface area contributed by atoms with E-state index in [1.807, 2.05) is 6.92 Å². The van der Waals surface area contributed by atoms with Gasteiger partial charge >= 0.3 is 5.97 Å². The average Bonchev–Trinajstić information content (AvgIpc) is 2.54. The summed E-state index contributed by atoms with van der Waals surface area (Å²) in [4.78, 5) is 11.1. The van der Waals surface area contributed by atoms with Gasteiger partial charge in [0.2, 0.25) is 10.0 Å². The molecule has 128 valence electrons. The molecule has 7 heteroatoms. The normalized spacial score (nSPS) is 11.2. The van der Waals surface area contributed by atoms with Gasteiger partial charge in [0, 0.05) is 5.56 Å². The summed E-state index contributed by atoms with van der Waals surface area (Å²) >= 11 is 0. The van der Waals surface area contributed by atoms with Crippen LogP contribution in [0.5, 0.6) is 5.75 Å². The molecule has 0 heterocycles. The Morgan fingerprint density at radius 3 is 2.42 bits per heavy atom. The summed E-state index contributed by atoms with van der Waals surface area (Å²) in [7, 11) is -4.13. The molecule has 0 bridgehead atoms. The summed E-state index contributed by atoms with van der Waals surface area (Å²) in [6, 6.07) is 11.1. The third-order valence-corrected chi connectivity index (χ3v) is 4.37. The summed E-state index contributed by atoms with van der Waals surface area (Å²) in [6.07, 6.45) is 1.65. The number of aromatic carboxylic acids is 1. The second-order valence-electron chi connectivity index (χ2n) is 5.27. The Morgan fingerprint density at radius 2 is 1.88 bits per heavy atom. The zero-order valence-corrected chi connectivity index (χ0v) is 14.0. The van der Waals surface area contributed by atoms with Crippen LogP contribution < -0.4 is 9.88 Å². The molecule has 2 aromatic rings. The van der Waals surface area contributed by atoms with Crippen LogP contribution >= 0.6 is 0 Å². The summed E-state index contributed by atoms with van der Waals surface area (Å²) in [5.74, 6) is -1.06. The van der Waals surface area contributed by atoms with Crippen molar-refractivity contribution in [1.29, 1.82) is 0 Å². The van der Waals surface area contributed by atoms with Crippen LogP contribution in [-0.2, 0) is 10.0 Å². The van der Waals surface area contributed by atoms with E-state index in [9.17, 15) is 18.3 Å². The Labute approximate surface area is 140 Å². The maximum Gasteiger partial charge on any atom is 0.335 e. The van der Waals surface area contributed by atoms with Crippen LogP contribution in [0.2, 0.25) is 0 Å². The van der Waals surface area contributed by atoms with Gasteiger partial charge in [0.15, 0.2) is 0 Å². The van der Waals surface area contributed by atoms with Gasteiger partial charge in [-0.1, -0.05) is 43.7 Å². The van der Waals surface area contributed by atoms with Crippen molar-refractivity contribution in [2.45, 2.75) is 24.7 Å². The number of sulfonamides is 1. The fourth-order valence-electron chi connectivity index (χ4n) is 2.27. The molecule has 24 heavy (non-hydrogen) atoms. The molecule has 6 nitrogen and oxygen atoms in total. The molecule has 0 saturated carbocycles. The molecule has 2 aromatic carbocycles. The first-order valence-corrected chi connectivity index (χ1v) is 9.01. The van der Waals surface area contributed by atoms with Gasteiger partial charge < -0.3 is 9.84 Å². The molecule has 3 N–H and O–H groups in total. The predicted molar refractivity (Wildman–Crippen MR) is 90.6 cm³/mol. The predicted octanol–water partition coefficient (Wildman–Crippen LogP) is 2.88. The third-order valence-electron chi connectivity index (χ3n) is 3.44. The summed E-state index contributed by atoms with van der Waals surface area (Å²) in [5.41, 5.74) is 0.675. The van der Waals surface area contributed by atoms with Gasteiger partial charge in [-0.05, 0) is 24.1 Å². The zero-order chi connectivity index (χ0) is 17.7. The minimum absolute atomic E-state index is 0.190. The SMILES string of the molecule is CCCCOc1cc(C(=O)O)cc(S(N)(=O)=O)c1-c1ccccc1. The zero-order valence-electron chi connectivity index (χ0n) is 13.2. The van der Waals surface area contributed by atoms with Crippen LogP contribution in [0, 0.1) is 0 Å². The van der Waals surface area contributed by atoms with E-state index in [-0.39, 0.29) is 21.8 Å². The first-order chi connectivity index (χ1) is 11.3. The number of benzene rings is 2. The Hall–Kier alpha value is -2.38. The molecule has 0 unspecified atom stereocenters. The van der Waals surface area contributed by atoms with Crippen molar-refractivity contribution in [3.63, 3.8) is 0 Å². The van der Waals surface area contributed by atoms with Gasteiger partial charge in [-0.2, -0.15) is 0 Å². The van der Waals surface area contributed by atoms with Crippen molar-refractivity contribution in [2.24, 2.45) is 5.14 Å². The van der Waals surface area contributed by atoms with Gasteiger partial charge in [0.25, 0.3) is 0 Å². The molecule has 0 atom stereocenters. The van der Waals surface area contributed by atoms with Crippen molar-refractivity contribution in [3.8, 4) is 16.9 Å². The summed E-state index contributed by atoms with van der Waals surface area (Å²) in [5, 5.41) is 14.6. The van der Waals surface area contributed by atoms with Gasteiger partial charge in [-0.15, -0.1) is 0 Å². The molecule has 0 aromatic heterocycles. The molecule has 0 saturated heterocycles. The van der Waals surface area contributed by atoms with Gasteiger partial charge in [-0.3, -0.25) is 0 Å². The number of hydrogen-bond donors (Lipinski definition) is 2. The largest absolute Gasteiger partial charge is 0.493 e. The van der Waals surface area contributed by atoms with E-state index >= 15 is 0 Å². The van der Waals surface area contributed by atoms with Crippen LogP contribution in [0.25, 0.3) is 11.1 Å². The molecule has 0 amide bonds. The molecule has 0 aliphatic carbocycles. The fourth-order valence-corrected chi connectivity index (χ4v) is 3.06. The Balaban J connectivity index is 2.73. The lowest BCUT2D eigenvalue weighted by Gasteiger charge is -2.16. The molecular formula is C17H19NO5S.